The average molecular weight is 366 g/mol. The van der Waals surface area contributed by atoms with Gasteiger partial charge in [0.1, 0.15) is 0 Å². The standard InChI is InChI=1S/C14H8Cl4OS/c15-8-1-3-10(12(17)5-8)14(19)7-20-9-2-4-11(16)13(18)6-9/h1-6H,7H2. The Morgan fingerprint density at radius 2 is 1.65 bits per heavy atom. The van der Waals surface area contributed by atoms with E-state index in [0.717, 1.165) is 4.90 Å². The number of hydrogen-bond donors (Lipinski definition) is 0. The Morgan fingerprint density at radius 3 is 2.30 bits per heavy atom. The van der Waals surface area contributed by atoms with Crippen molar-refractivity contribution in [2.45, 2.75) is 4.90 Å². The van der Waals surface area contributed by atoms with E-state index in [1.807, 2.05) is 6.07 Å². The molecule has 0 aromatic heterocycles. The molecule has 0 N–H and O–H groups in total. The second kappa shape index (κ2) is 7.06. The van der Waals surface area contributed by atoms with Gasteiger partial charge in [0.05, 0.1) is 20.8 Å². The first-order valence-corrected chi connectivity index (χ1v) is 8.03. The highest BCUT2D eigenvalue weighted by Crippen LogP contribution is 2.29. The third-order valence-corrected chi connectivity index (χ3v) is 4.77. The van der Waals surface area contributed by atoms with Crippen molar-refractivity contribution in [3.8, 4) is 0 Å². The Balaban J connectivity index is 2.06. The first kappa shape index (κ1) is 16.0. The van der Waals surface area contributed by atoms with Gasteiger partial charge in [0, 0.05) is 15.5 Å². The molecule has 0 atom stereocenters. The van der Waals surface area contributed by atoms with Crippen LogP contribution in [0.3, 0.4) is 0 Å². The van der Waals surface area contributed by atoms with E-state index in [-0.39, 0.29) is 11.5 Å². The molecule has 0 aliphatic rings. The van der Waals surface area contributed by atoms with Gasteiger partial charge in [-0.1, -0.05) is 46.4 Å². The zero-order chi connectivity index (χ0) is 14.7. The predicted octanol–water partition coefficient (Wildman–Crippen LogP) is 6.28. The number of carbonyl (C=O) groups is 1. The van der Waals surface area contributed by atoms with Crippen molar-refractivity contribution in [3.05, 3.63) is 62.1 Å². The fourth-order valence-corrected chi connectivity index (χ4v) is 3.20. The lowest BCUT2D eigenvalue weighted by Crippen LogP contribution is -2.03. The monoisotopic (exact) mass is 364 g/mol. The molecule has 20 heavy (non-hydrogen) atoms. The predicted molar refractivity (Wildman–Crippen MR) is 88.0 cm³/mol. The average Bonchev–Trinajstić information content (AvgIpc) is 2.40. The highest BCUT2D eigenvalue weighted by molar-refractivity contribution is 8.00. The molecule has 2 aromatic carbocycles. The molecule has 2 rings (SSSR count). The van der Waals surface area contributed by atoms with Crippen molar-refractivity contribution in [2.75, 3.05) is 5.75 Å². The lowest BCUT2D eigenvalue weighted by Gasteiger charge is -2.05. The van der Waals surface area contributed by atoms with Crippen molar-refractivity contribution in [1.29, 1.82) is 0 Å². The molecular formula is C14H8Cl4OS. The smallest absolute Gasteiger partial charge is 0.174 e. The summed E-state index contributed by atoms with van der Waals surface area (Å²) >= 11 is 24.9. The number of halogens is 4. The number of Topliss-reactive ketones (excluding diaryl/α,β-unsaturated/α-hetero) is 1. The highest BCUT2D eigenvalue weighted by atomic mass is 35.5. The summed E-state index contributed by atoms with van der Waals surface area (Å²) in [6, 6.07) is 10.1. The zero-order valence-electron chi connectivity index (χ0n) is 10.00. The van der Waals surface area contributed by atoms with E-state index < -0.39 is 0 Å². The second-order valence-corrected chi connectivity index (χ2v) is 6.62. The van der Waals surface area contributed by atoms with E-state index >= 15 is 0 Å². The quantitative estimate of drug-likeness (QED) is 0.468. The zero-order valence-corrected chi connectivity index (χ0v) is 13.8. The van der Waals surface area contributed by atoms with Crippen molar-refractivity contribution < 1.29 is 4.79 Å². The molecule has 0 spiro atoms. The minimum atomic E-state index is -0.0669. The van der Waals surface area contributed by atoms with E-state index in [9.17, 15) is 4.79 Å². The van der Waals surface area contributed by atoms with Crippen LogP contribution in [-0.2, 0) is 0 Å². The molecule has 0 radical (unpaired) electrons. The van der Waals surface area contributed by atoms with Crippen molar-refractivity contribution in [2.24, 2.45) is 0 Å². The van der Waals surface area contributed by atoms with Crippen LogP contribution in [0.2, 0.25) is 20.1 Å². The number of rotatable bonds is 4. The molecule has 0 amide bonds. The Hall–Kier alpha value is -0.380. The summed E-state index contributed by atoms with van der Waals surface area (Å²) in [5.74, 6) is 0.196. The topological polar surface area (TPSA) is 17.1 Å². The molecule has 104 valence electrons. The molecule has 0 saturated heterocycles. The van der Waals surface area contributed by atoms with Crippen LogP contribution < -0.4 is 0 Å². The van der Waals surface area contributed by atoms with Crippen LogP contribution in [0.15, 0.2) is 41.3 Å². The number of ketones is 1. The van der Waals surface area contributed by atoms with Gasteiger partial charge >= 0.3 is 0 Å². The van der Waals surface area contributed by atoms with E-state index in [1.165, 1.54) is 11.8 Å². The van der Waals surface area contributed by atoms with Crippen LogP contribution in [0, 0.1) is 0 Å². The van der Waals surface area contributed by atoms with Crippen LogP contribution in [0.1, 0.15) is 10.4 Å². The van der Waals surface area contributed by atoms with E-state index in [0.29, 0.717) is 25.7 Å². The van der Waals surface area contributed by atoms with Crippen LogP contribution >= 0.6 is 58.2 Å². The molecule has 6 heteroatoms. The SMILES string of the molecule is O=C(CSc1ccc(Cl)c(Cl)c1)c1ccc(Cl)cc1Cl. The van der Waals surface area contributed by atoms with E-state index in [1.54, 1.807) is 30.3 Å². The van der Waals surface area contributed by atoms with Gasteiger partial charge in [-0.05, 0) is 36.4 Å². The number of thioether (sulfide) groups is 1. The summed E-state index contributed by atoms with van der Waals surface area (Å²) < 4.78 is 0. The fraction of sp³-hybridized carbons (Fsp3) is 0.0714. The molecule has 0 heterocycles. The lowest BCUT2D eigenvalue weighted by molar-refractivity contribution is 0.102. The molecule has 0 aliphatic heterocycles. The van der Waals surface area contributed by atoms with Gasteiger partial charge in [-0.3, -0.25) is 4.79 Å². The fourth-order valence-electron chi connectivity index (χ4n) is 1.51. The van der Waals surface area contributed by atoms with Crippen LogP contribution in [0.4, 0.5) is 0 Å². The maximum Gasteiger partial charge on any atom is 0.174 e. The number of carbonyl (C=O) groups excluding carboxylic acids is 1. The summed E-state index contributed by atoms with van der Waals surface area (Å²) in [6.45, 7) is 0. The summed E-state index contributed by atoms with van der Waals surface area (Å²) in [5, 5.41) is 1.82. The summed E-state index contributed by atoms with van der Waals surface area (Å²) in [7, 11) is 0. The Morgan fingerprint density at radius 1 is 0.900 bits per heavy atom. The van der Waals surface area contributed by atoms with Crippen LogP contribution in [0.25, 0.3) is 0 Å². The summed E-state index contributed by atoms with van der Waals surface area (Å²) in [4.78, 5) is 13.0. The Bertz CT molecular complexity index is 658. The van der Waals surface area contributed by atoms with E-state index in [4.69, 9.17) is 46.4 Å². The number of benzene rings is 2. The molecule has 1 nitrogen and oxygen atoms in total. The highest BCUT2D eigenvalue weighted by Gasteiger charge is 2.11. The van der Waals surface area contributed by atoms with Gasteiger partial charge in [-0.15, -0.1) is 11.8 Å². The van der Waals surface area contributed by atoms with Gasteiger partial charge in [0.2, 0.25) is 0 Å². The largest absolute Gasteiger partial charge is 0.293 e. The normalized spacial score (nSPS) is 10.6. The second-order valence-electron chi connectivity index (χ2n) is 3.91. The maximum absolute atomic E-state index is 12.1. The third kappa shape index (κ3) is 4.06. The summed E-state index contributed by atoms with van der Waals surface area (Å²) in [6.07, 6.45) is 0. The Labute approximate surface area is 141 Å². The van der Waals surface area contributed by atoms with Crippen LogP contribution in [0.5, 0.6) is 0 Å². The molecule has 0 saturated carbocycles. The van der Waals surface area contributed by atoms with Crippen molar-refractivity contribution in [3.63, 3.8) is 0 Å². The molecule has 2 aromatic rings. The molecule has 0 bridgehead atoms. The van der Waals surface area contributed by atoms with Crippen molar-refractivity contribution >= 4 is 63.9 Å². The lowest BCUT2D eigenvalue weighted by atomic mass is 10.1. The maximum atomic E-state index is 12.1. The van der Waals surface area contributed by atoms with Gasteiger partial charge in [-0.2, -0.15) is 0 Å². The molecule has 0 unspecified atom stereocenters. The van der Waals surface area contributed by atoms with Crippen molar-refractivity contribution in [1.82, 2.24) is 0 Å². The van der Waals surface area contributed by atoms with Gasteiger partial charge < -0.3 is 0 Å². The Kier molecular flexibility index (Phi) is 5.65. The molecule has 0 aliphatic carbocycles. The summed E-state index contributed by atoms with van der Waals surface area (Å²) in [5.41, 5.74) is 0.462. The van der Waals surface area contributed by atoms with Gasteiger partial charge in [0.15, 0.2) is 5.78 Å². The molecular weight excluding hydrogens is 358 g/mol. The first-order chi connectivity index (χ1) is 9.47. The van der Waals surface area contributed by atoms with Crippen LogP contribution in [-0.4, -0.2) is 11.5 Å². The number of hydrogen-bond acceptors (Lipinski definition) is 2. The minimum absolute atomic E-state index is 0.0669. The van der Waals surface area contributed by atoms with Gasteiger partial charge in [0.25, 0.3) is 0 Å². The molecule has 0 fully saturated rings. The first-order valence-electron chi connectivity index (χ1n) is 5.53. The third-order valence-electron chi connectivity index (χ3n) is 2.49. The van der Waals surface area contributed by atoms with Gasteiger partial charge in [-0.25, -0.2) is 0 Å². The van der Waals surface area contributed by atoms with E-state index in [2.05, 4.69) is 0 Å². The minimum Gasteiger partial charge on any atom is -0.293 e.